The fourth-order valence-corrected chi connectivity index (χ4v) is 2.58. The molecule has 0 radical (unpaired) electrons. The van der Waals surface area contributed by atoms with Gasteiger partial charge in [-0.3, -0.25) is 0 Å². The van der Waals surface area contributed by atoms with E-state index in [1.807, 2.05) is 11.3 Å². The second-order valence-electron chi connectivity index (χ2n) is 4.13. The van der Waals surface area contributed by atoms with Crippen LogP contribution in [0.3, 0.4) is 0 Å². The van der Waals surface area contributed by atoms with Gasteiger partial charge in [-0.25, -0.2) is 0 Å². The first kappa shape index (κ1) is 13.6. The summed E-state index contributed by atoms with van der Waals surface area (Å²) in [6.07, 6.45) is 0.593. The molecule has 0 saturated heterocycles. The highest BCUT2D eigenvalue weighted by Gasteiger charge is 2.08. The number of hydrogen-bond donors (Lipinski definition) is 2. The van der Waals surface area contributed by atoms with E-state index in [-0.39, 0.29) is 0 Å². The molecular weight excluding hydrogens is 222 g/mol. The van der Waals surface area contributed by atoms with Crippen LogP contribution in [-0.2, 0) is 11.2 Å². The number of aliphatic hydroxyl groups is 1. The molecule has 2 N–H and O–H groups in total. The van der Waals surface area contributed by atoms with Crippen molar-refractivity contribution in [3.05, 3.63) is 21.9 Å². The van der Waals surface area contributed by atoms with Crippen LogP contribution in [0, 0.1) is 6.92 Å². The third kappa shape index (κ3) is 5.07. The van der Waals surface area contributed by atoms with E-state index >= 15 is 0 Å². The van der Waals surface area contributed by atoms with Crippen molar-refractivity contribution in [2.75, 3.05) is 20.3 Å². The Hall–Kier alpha value is -0.420. The molecule has 2 unspecified atom stereocenters. The van der Waals surface area contributed by atoms with Gasteiger partial charge in [-0.1, -0.05) is 0 Å². The van der Waals surface area contributed by atoms with Crippen LogP contribution in [-0.4, -0.2) is 37.5 Å². The Morgan fingerprint density at radius 3 is 2.81 bits per heavy atom. The van der Waals surface area contributed by atoms with Crippen molar-refractivity contribution in [2.24, 2.45) is 0 Å². The lowest BCUT2D eigenvalue weighted by Crippen LogP contribution is -2.36. The highest BCUT2D eigenvalue weighted by Crippen LogP contribution is 2.16. The molecule has 0 bridgehead atoms. The van der Waals surface area contributed by atoms with Crippen LogP contribution < -0.4 is 5.32 Å². The van der Waals surface area contributed by atoms with E-state index in [9.17, 15) is 5.11 Å². The van der Waals surface area contributed by atoms with E-state index in [1.165, 1.54) is 9.75 Å². The average molecular weight is 243 g/mol. The lowest BCUT2D eigenvalue weighted by Gasteiger charge is -2.16. The van der Waals surface area contributed by atoms with Crippen molar-refractivity contribution in [2.45, 2.75) is 32.4 Å². The van der Waals surface area contributed by atoms with E-state index in [1.54, 1.807) is 7.11 Å². The van der Waals surface area contributed by atoms with Gasteiger partial charge in [0.05, 0.1) is 12.7 Å². The van der Waals surface area contributed by atoms with Crippen molar-refractivity contribution in [1.82, 2.24) is 5.32 Å². The Labute approximate surface area is 101 Å². The summed E-state index contributed by atoms with van der Waals surface area (Å²) in [5, 5.41) is 12.8. The molecule has 2 atom stereocenters. The lowest BCUT2D eigenvalue weighted by molar-refractivity contribution is 0.0631. The highest BCUT2D eigenvalue weighted by atomic mass is 32.1. The van der Waals surface area contributed by atoms with Crippen LogP contribution in [0.15, 0.2) is 12.1 Å². The van der Waals surface area contributed by atoms with Crippen LogP contribution in [0.5, 0.6) is 0 Å². The van der Waals surface area contributed by atoms with E-state index in [4.69, 9.17) is 4.74 Å². The smallest absolute Gasteiger partial charge is 0.0897 e. The topological polar surface area (TPSA) is 41.5 Å². The molecule has 0 aliphatic rings. The molecule has 0 aliphatic carbocycles. The molecule has 0 fully saturated rings. The molecule has 0 spiro atoms. The first-order chi connectivity index (χ1) is 7.61. The Morgan fingerprint density at radius 1 is 1.50 bits per heavy atom. The Kier molecular flexibility index (Phi) is 5.98. The summed E-state index contributed by atoms with van der Waals surface area (Å²) in [7, 11) is 1.60. The first-order valence-electron chi connectivity index (χ1n) is 5.57. The fraction of sp³-hybridized carbons (Fsp3) is 0.667. The molecular formula is C12H21NO2S. The fourth-order valence-electron chi connectivity index (χ4n) is 1.56. The summed E-state index contributed by atoms with van der Waals surface area (Å²) in [5.41, 5.74) is 0. The van der Waals surface area contributed by atoms with Gasteiger partial charge in [0.1, 0.15) is 0 Å². The first-order valence-corrected chi connectivity index (χ1v) is 6.39. The average Bonchev–Trinajstić information content (AvgIpc) is 2.61. The van der Waals surface area contributed by atoms with Gasteiger partial charge in [0.25, 0.3) is 0 Å². The normalized spacial score (nSPS) is 15.0. The summed E-state index contributed by atoms with van der Waals surface area (Å²) < 4.78 is 4.87. The number of methoxy groups -OCH3 is 1. The van der Waals surface area contributed by atoms with Crippen molar-refractivity contribution < 1.29 is 9.84 Å². The van der Waals surface area contributed by atoms with Crippen LogP contribution >= 0.6 is 11.3 Å². The van der Waals surface area contributed by atoms with Crippen molar-refractivity contribution in [3.8, 4) is 0 Å². The quantitative estimate of drug-likeness (QED) is 0.764. The van der Waals surface area contributed by atoms with Gasteiger partial charge in [-0.15, -0.1) is 11.3 Å². The minimum absolute atomic E-state index is 0.379. The largest absolute Gasteiger partial charge is 0.389 e. The van der Waals surface area contributed by atoms with Crippen LogP contribution in [0.25, 0.3) is 0 Å². The molecule has 1 aromatic rings. The number of nitrogens with one attached hydrogen (secondary N) is 1. The zero-order valence-corrected chi connectivity index (χ0v) is 11.0. The molecule has 4 heteroatoms. The summed E-state index contributed by atoms with van der Waals surface area (Å²) in [6.45, 7) is 5.22. The van der Waals surface area contributed by atoms with Gasteiger partial charge in [-0.2, -0.15) is 0 Å². The zero-order valence-electron chi connectivity index (χ0n) is 10.2. The van der Waals surface area contributed by atoms with Crippen molar-refractivity contribution in [3.63, 3.8) is 0 Å². The Bertz CT molecular complexity index is 301. The molecule has 3 nitrogen and oxygen atoms in total. The summed E-state index contributed by atoms with van der Waals surface area (Å²) in [4.78, 5) is 2.74. The molecule has 16 heavy (non-hydrogen) atoms. The Balaban J connectivity index is 2.23. The maximum atomic E-state index is 9.48. The lowest BCUT2D eigenvalue weighted by atomic mass is 10.2. The standard InChI is InChI=1S/C12H21NO2S/c1-9(13-7-11(14)8-15-3)6-12-5-4-10(2)16-12/h4-5,9,11,13-14H,6-8H2,1-3H3. The third-order valence-electron chi connectivity index (χ3n) is 2.36. The summed E-state index contributed by atoms with van der Waals surface area (Å²) in [5.74, 6) is 0. The zero-order chi connectivity index (χ0) is 12.0. The van der Waals surface area contributed by atoms with Gasteiger partial charge in [0, 0.05) is 29.5 Å². The third-order valence-corrected chi connectivity index (χ3v) is 3.39. The molecule has 1 heterocycles. The van der Waals surface area contributed by atoms with E-state index < -0.39 is 6.10 Å². The number of aryl methyl sites for hydroxylation is 1. The SMILES string of the molecule is COCC(O)CNC(C)Cc1ccc(C)s1. The number of hydrogen-bond acceptors (Lipinski definition) is 4. The second kappa shape index (κ2) is 7.01. The van der Waals surface area contributed by atoms with Gasteiger partial charge in [-0.05, 0) is 32.4 Å². The number of thiophene rings is 1. The Morgan fingerprint density at radius 2 is 2.25 bits per heavy atom. The van der Waals surface area contributed by atoms with Crippen LogP contribution in [0.2, 0.25) is 0 Å². The minimum atomic E-state index is -0.419. The van der Waals surface area contributed by atoms with E-state index in [0.29, 0.717) is 19.2 Å². The van der Waals surface area contributed by atoms with E-state index in [0.717, 1.165) is 6.42 Å². The number of rotatable bonds is 7. The van der Waals surface area contributed by atoms with Gasteiger partial charge >= 0.3 is 0 Å². The second-order valence-corrected chi connectivity index (χ2v) is 5.51. The van der Waals surface area contributed by atoms with Crippen molar-refractivity contribution in [1.29, 1.82) is 0 Å². The molecule has 0 saturated carbocycles. The van der Waals surface area contributed by atoms with Gasteiger partial charge in [0.15, 0.2) is 0 Å². The monoisotopic (exact) mass is 243 g/mol. The molecule has 0 amide bonds. The van der Waals surface area contributed by atoms with Gasteiger partial charge in [0.2, 0.25) is 0 Å². The minimum Gasteiger partial charge on any atom is -0.389 e. The number of aliphatic hydroxyl groups excluding tert-OH is 1. The maximum absolute atomic E-state index is 9.48. The molecule has 1 aromatic heterocycles. The molecule has 92 valence electrons. The maximum Gasteiger partial charge on any atom is 0.0897 e. The van der Waals surface area contributed by atoms with Crippen LogP contribution in [0.4, 0.5) is 0 Å². The summed E-state index contributed by atoms with van der Waals surface area (Å²) in [6, 6.07) is 4.69. The van der Waals surface area contributed by atoms with Gasteiger partial charge < -0.3 is 15.2 Å². The predicted octanol–water partition coefficient (Wildman–Crippen LogP) is 1.58. The summed E-state index contributed by atoms with van der Waals surface area (Å²) >= 11 is 1.83. The molecule has 0 aromatic carbocycles. The predicted molar refractivity (Wildman–Crippen MR) is 68.1 cm³/mol. The van der Waals surface area contributed by atoms with E-state index in [2.05, 4.69) is 31.3 Å². The van der Waals surface area contributed by atoms with Crippen molar-refractivity contribution >= 4 is 11.3 Å². The molecule has 0 aliphatic heterocycles. The number of ether oxygens (including phenoxy) is 1. The highest BCUT2D eigenvalue weighted by molar-refractivity contribution is 7.11. The van der Waals surface area contributed by atoms with Crippen LogP contribution in [0.1, 0.15) is 16.7 Å². The molecule has 1 rings (SSSR count).